The SMILES string of the molecule is CS(=O)(=O)N(CCCC(=O)Nc1cccnc1)c1ccc2c(c1)OCCO2. The molecule has 0 atom stereocenters. The van der Waals surface area contributed by atoms with Gasteiger partial charge in [-0.1, -0.05) is 0 Å². The third-order valence-corrected chi connectivity index (χ3v) is 5.12. The number of fused-ring (bicyclic) bond motifs is 1. The molecular formula is C18H21N3O5S. The predicted molar refractivity (Wildman–Crippen MR) is 102 cm³/mol. The van der Waals surface area contributed by atoms with E-state index in [1.54, 1.807) is 42.7 Å². The van der Waals surface area contributed by atoms with Crippen LogP contribution in [-0.4, -0.2) is 45.3 Å². The maximum Gasteiger partial charge on any atom is 0.232 e. The van der Waals surface area contributed by atoms with Crippen LogP contribution >= 0.6 is 0 Å². The minimum atomic E-state index is -3.51. The molecule has 0 spiro atoms. The number of carbonyl (C=O) groups excluding carboxylic acids is 1. The maximum atomic E-state index is 12.2. The third-order valence-electron chi connectivity index (χ3n) is 3.92. The molecule has 27 heavy (non-hydrogen) atoms. The predicted octanol–water partition coefficient (Wildman–Crippen LogP) is 2.04. The Hall–Kier alpha value is -2.81. The lowest BCUT2D eigenvalue weighted by atomic mass is 10.2. The number of pyridine rings is 1. The lowest BCUT2D eigenvalue weighted by Crippen LogP contribution is -2.31. The Morgan fingerprint density at radius 3 is 2.70 bits per heavy atom. The standard InChI is InChI=1S/C18H21N3O5S/c1-27(23,24)21(15-6-7-16-17(12-15)26-11-10-25-16)9-3-5-18(22)20-14-4-2-8-19-13-14/h2,4,6-8,12-13H,3,5,9-11H2,1H3,(H,20,22). The lowest BCUT2D eigenvalue weighted by Gasteiger charge is -2.25. The molecule has 2 heterocycles. The van der Waals surface area contributed by atoms with Gasteiger partial charge < -0.3 is 14.8 Å². The molecular weight excluding hydrogens is 370 g/mol. The first kappa shape index (κ1) is 19.0. The first-order valence-electron chi connectivity index (χ1n) is 8.51. The molecule has 8 nitrogen and oxygen atoms in total. The van der Waals surface area contributed by atoms with E-state index in [1.165, 1.54) is 4.31 Å². The number of nitrogens with zero attached hydrogens (tertiary/aromatic N) is 2. The van der Waals surface area contributed by atoms with Crippen molar-refractivity contribution in [2.45, 2.75) is 12.8 Å². The summed E-state index contributed by atoms with van der Waals surface area (Å²) in [6.45, 7) is 1.07. The molecule has 0 unspecified atom stereocenters. The topological polar surface area (TPSA) is 97.8 Å². The van der Waals surface area contributed by atoms with Crippen LogP contribution < -0.4 is 19.1 Å². The van der Waals surface area contributed by atoms with E-state index in [0.29, 0.717) is 42.5 Å². The van der Waals surface area contributed by atoms with Crippen molar-refractivity contribution in [3.8, 4) is 11.5 Å². The van der Waals surface area contributed by atoms with Gasteiger partial charge in [0.05, 0.1) is 23.8 Å². The quantitative estimate of drug-likeness (QED) is 0.776. The van der Waals surface area contributed by atoms with Gasteiger partial charge in [0.1, 0.15) is 13.2 Å². The van der Waals surface area contributed by atoms with Crippen molar-refractivity contribution in [2.24, 2.45) is 0 Å². The number of ether oxygens (including phenoxy) is 2. The smallest absolute Gasteiger partial charge is 0.232 e. The lowest BCUT2D eigenvalue weighted by molar-refractivity contribution is -0.116. The number of aromatic nitrogens is 1. The molecule has 1 aromatic heterocycles. The molecule has 0 saturated heterocycles. The summed E-state index contributed by atoms with van der Waals surface area (Å²) in [5.74, 6) is 0.912. The van der Waals surface area contributed by atoms with E-state index < -0.39 is 10.0 Å². The van der Waals surface area contributed by atoms with Gasteiger partial charge in [-0.25, -0.2) is 8.42 Å². The fourth-order valence-corrected chi connectivity index (χ4v) is 3.67. The van der Waals surface area contributed by atoms with Crippen LogP contribution in [0.5, 0.6) is 11.5 Å². The number of amides is 1. The van der Waals surface area contributed by atoms with Gasteiger partial charge in [-0.15, -0.1) is 0 Å². The summed E-state index contributed by atoms with van der Waals surface area (Å²) in [7, 11) is -3.51. The molecule has 0 fully saturated rings. The molecule has 0 radical (unpaired) electrons. The van der Waals surface area contributed by atoms with Gasteiger partial charge in [0.2, 0.25) is 15.9 Å². The Balaban J connectivity index is 1.63. The molecule has 144 valence electrons. The molecule has 2 aromatic rings. The normalized spacial score (nSPS) is 13.1. The van der Waals surface area contributed by atoms with E-state index in [2.05, 4.69) is 10.3 Å². The number of carbonyl (C=O) groups is 1. The molecule has 0 bridgehead atoms. The Kier molecular flexibility index (Phi) is 5.80. The average Bonchev–Trinajstić information content (AvgIpc) is 2.65. The van der Waals surface area contributed by atoms with Crippen molar-refractivity contribution < 1.29 is 22.7 Å². The second-order valence-electron chi connectivity index (χ2n) is 6.06. The van der Waals surface area contributed by atoms with Crippen molar-refractivity contribution in [2.75, 3.05) is 35.6 Å². The second-order valence-corrected chi connectivity index (χ2v) is 7.96. The molecule has 3 rings (SSSR count). The fourth-order valence-electron chi connectivity index (χ4n) is 2.72. The summed E-state index contributed by atoms with van der Waals surface area (Å²) >= 11 is 0. The van der Waals surface area contributed by atoms with Gasteiger partial charge in [0.15, 0.2) is 11.5 Å². The summed E-state index contributed by atoms with van der Waals surface area (Å²) in [5.41, 5.74) is 1.09. The van der Waals surface area contributed by atoms with Crippen LogP contribution in [0, 0.1) is 0 Å². The molecule has 1 aliphatic rings. The highest BCUT2D eigenvalue weighted by atomic mass is 32.2. The van der Waals surface area contributed by atoms with E-state index in [9.17, 15) is 13.2 Å². The van der Waals surface area contributed by atoms with Crippen molar-refractivity contribution in [1.29, 1.82) is 0 Å². The summed E-state index contributed by atoms with van der Waals surface area (Å²) < 4.78 is 36.7. The Morgan fingerprint density at radius 2 is 2.00 bits per heavy atom. The number of hydrogen-bond donors (Lipinski definition) is 1. The zero-order valence-corrected chi connectivity index (χ0v) is 15.7. The Bertz CT molecular complexity index is 902. The zero-order valence-electron chi connectivity index (χ0n) is 14.9. The third kappa shape index (κ3) is 5.10. The van der Waals surface area contributed by atoms with Crippen LogP contribution in [0.15, 0.2) is 42.7 Å². The van der Waals surface area contributed by atoms with Crippen LogP contribution in [0.4, 0.5) is 11.4 Å². The fraction of sp³-hybridized carbons (Fsp3) is 0.333. The number of sulfonamides is 1. The first-order valence-corrected chi connectivity index (χ1v) is 10.4. The Labute approximate surface area is 158 Å². The Morgan fingerprint density at radius 1 is 1.22 bits per heavy atom. The van der Waals surface area contributed by atoms with Crippen molar-refractivity contribution in [3.05, 3.63) is 42.7 Å². The minimum Gasteiger partial charge on any atom is -0.486 e. The van der Waals surface area contributed by atoms with Gasteiger partial charge in [-0.2, -0.15) is 0 Å². The molecule has 1 aromatic carbocycles. The van der Waals surface area contributed by atoms with Crippen molar-refractivity contribution >= 4 is 27.3 Å². The van der Waals surface area contributed by atoms with Crippen molar-refractivity contribution in [3.63, 3.8) is 0 Å². The number of anilines is 2. The zero-order chi connectivity index (χ0) is 19.3. The summed E-state index contributed by atoms with van der Waals surface area (Å²) in [4.78, 5) is 16.0. The molecule has 9 heteroatoms. The van der Waals surface area contributed by atoms with Gasteiger partial charge in [-0.05, 0) is 30.7 Å². The van der Waals surface area contributed by atoms with E-state index in [-0.39, 0.29) is 18.9 Å². The number of hydrogen-bond acceptors (Lipinski definition) is 6. The van der Waals surface area contributed by atoms with Crippen molar-refractivity contribution in [1.82, 2.24) is 4.98 Å². The van der Waals surface area contributed by atoms with Crippen LogP contribution in [0.1, 0.15) is 12.8 Å². The minimum absolute atomic E-state index is 0.180. The molecule has 0 aliphatic carbocycles. The van der Waals surface area contributed by atoms with Crippen LogP contribution in [-0.2, 0) is 14.8 Å². The first-order chi connectivity index (χ1) is 12.9. The molecule has 0 saturated carbocycles. The highest BCUT2D eigenvalue weighted by molar-refractivity contribution is 7.92. The summed E-state index contributed by atoms with van der Waals surface area (Å²) in [6, 6.07) is 8.47. The van der Waals surface area contributed by atoms with E-state index in [4.69, 9.17) is 9.47 Å². The summed E-state index contributed by atoms with van der Waals surface area (Å²) in [6.07, 6.45) is 4.86. The number of benzene rings is 1. The van der Waals surface area contributed by atoms with Gasteiger partial charge in [0.25, 0.3) is 0 Å². The monoisotopic (exact) mass is 391 g/mol. The maximum absolute atomic E-state index is 12.2. The van der Waals surface area contributed by atoms with Crippen LogP contribution in [0.3, 0.4) is 0 Å². The highest BCUT2D eigenvalue weighted by Gasteiger charge is 2.21. The van der Waals surface area contributed by atoms with E-state index in [0.717, 1.165) is 6.26 Å². The van der Waals surface area contributed by atoms with E-state index in [1.807, 2.05) is 0 Å². The number of nitrogens with one attached hydrogen (secondary N) is 1. The second kappa shape index (κ2) is 8.26. The highest BCUT2D eigenvalue weighted by Crippen LogP contribution is 2.34. The van der Waals surface area contributed by atoms with Gasteiger partial charge in [0, 0.05) is 25.2 Å². The number of rotatable bonds is 7. The largest absolute Gasteiger partial charge is 0.486 e. The van der Waals surface area contributed by atoms with Gasteiger partial charge in [-0.3, -0.25) is 14.1 Å². The molecule has 1 N–H and O–H groups in total. The van der Waals surface area contributed by atoms with Crippen LogP contribution in [0.2, 0.25) is 0 Å². The molecule has 1 aliphatic heterocycles. The molecule has 1 amide bonds. The van der Waals surface area contributed by atoms with Crippen LogP contribution in [0.25, 0.3) is 0 Å². The van der Waals surface area contributed by atoms with Gasteiger partial charge >= 0.3 is 0 Å². The van der Waals surface area contributed by atoms with E-state index >= 15 is 0 Å². The summed E-state index contributed by atoms with van der Waals surface area (Å²) in [5, 5.41) is 2.73. The average molecular weight is 391 g/mol.